The lowest BCUT2D eigenvalue weighted by Gasteiger charge is -2.23. The van der Waals surface area contributed by atoms with Crippen molar-refractivity contribution in [1.29, 1.82) is 0 Å². The van der Waals surface area contributed by atoms with Gasteiger partial charge in [-0.05, 0) is 58.8 Å². The van der Waals surface area contributed by atoms with Crippen LogP contribution in [0.2, 0.25) is 0 Å². The molecule has 0 bridgehead atoms. The molecule has 2 unspecified atom stereocenters. The molecule has 1 aliphatic heterocycles. The van der Waals surface area contributed by atoms with Crippen molar-refractivity contribution in [2.75, 3.05) is 18.1 Å². The zero-order valence-corrected chi connectivity index (χ0v) is 12.8. The van der Waals surface area contributed by atoms with Crippen LogP contribution in [-0.4, -0.2) is 24.1 Å². The van der Waals surface area contributed by atoms with Crippen molar-refractivity contribution in [2.45, 2.75) is 25.8 Å². The van der Waals surface area contributed by atoms with E-state index in [9.17, 15) is 0 Å². The topological polar surface area (TPSA) is 12.0 Å². The third-order valence-corrected chi connectivity index (χ3v) is 5.95. The Morgan fingerprint density at radius 1 is 1.62 bits per heavy atom. The first-order chi connectivity index (χ1) is 7.79. The van der Waals surface area contributed by atoms with Gasteiger partial charge in [0.1, 0.15) is 0 Å². The Labute approximate surface area is 115 Å². The Bertz CT molecular complexity index is 321. The number of rotatable bonds is 5. The molecule has 0 aliphatic carbocycles. The highest BCUT2D eigenvalue weighted by Gasteiger charge is 2.25. The average molecular weight is 320 g/mol. The lowest BCUT2D eigenvalue weighted by atomic mass is 9.96. The van der Waals surface area contributed by atoms with Gasteiger partial charge in [-0.15, -0.1) is 11.3 Å². The van der Waals surface area contributed by atoms with E-state index in [0.29, 0.717) is 6.04 Å². The molecule has 2 atom stereocenters. The van der Waals surface area contributed by atoms with Crippen molar-refractivity contribution in [3.63, 3.8) is 0 Å². The van der Waals surface area contributed by atoms with Crippen LogP contribution in [0.25, 0.3) is 0 Å². The number of thioether (sulfide) groups is 1. The molecule has 2 rings (SSSR count). The third kappa shape index (κ3) is 3.49. The van der Waals surface area contributed by atoms with Crippen molar-refractivity contribution < 1.29 is 0 Å². The number of likely N-dealkylation sites (N-methyl/N-ethyl adjacent to an activating group) is 1. The fourth-order valence-corrected chi connectivity index (χ4v) is 5.06. The van der Waals surface area contributed by atoms with Crippen LogP contribution in [0.15, 0.2) is 15.9 Å². The van der Waals surface area contributed by atoms with Crippen molar-refractivity contribution in [2.24, 2.45) is 5.92 Å². The minimum absolute atomic E-state index is 0.672. The highest BCUT2D eigenvalue weighted by Crippen LogP contribution is 2.29. The Kier molecular flexibility index (Phi) is 5.20. The first-order valence-electron chi connectivity index (χ1n) is 5.83. The molecule has 0 spiro atoms. The van der Waals surface area contributed by atoms with E-state index in [4.69, 9.17) is 0 Å². The van der Waals surface area contributed by atoms with Gasteiger partial charge in [-0.3, -0.25) is 0 Å². The van der Waals surface area contributed by atoms with E-state index in [-0.39, 0.29) is 0 Å². The summed E-state index contributed by atoms with van der Waals surface area (Å²) in [4.78, 5) is 1.50. The quantitative estimate of drug-likeness (QED) is 0.886. The highest BCUT2D eigenvalue weighted by molar-refractivity contribution is 9.10. The molecule has 1 N–H and O–H groups in total. The van der Waals surface area contributed by atoms with Crippen LogP contribution in [0, 0.1) is 5.92 Å². The Morgan fingerprint density at radius 2 is 2.50 bits per heavy atom. The molecule has 1 aliphatic rings. The second-order valence-electron chi connectivity index (χ2n) is 4.22. The van der Waals surface area contributed by atoms with E-state index in [1.165, 1.54) is 33.7 Å². The number of halogens is 1. The zero-order chi connectivity index (χ0) is 11.4. The van der Waals surface area contributed by atoms with Crippen LogP contribution in [0.5, 0.6) is 0 Å². The molecule has 1 aromatic rings. The Morgan fingerprint density at radius 3 is 3.06 bits per heavy atom. The van der Waals surface area contributed by atoms with Crippen molar-refractivity contribution in [1.82, 2.24) is 5.32 Å². The van der Waals surface area contributed by atoms with Gasteiger partial charge in [0.05, 0.1) is 0 Å². The normalized spacial score (nSPS) is 22.5. The van der Waals surface area contributed by atoms with Gasteiger partial charge < -0.3 is 5.32 Å². The molecule has 1 nitrogen and oxygen atoms in total. The lowest BCUT2D eigenvalue weighted by Crippen LogP contribution is -2.37. The van der Waals surface area contributed by atoms with Crippen molar-refractivity contribution in [3.05, 3.63) is 20.8 Å². The SMILES string of the molecule is CCNC(Cc1cc(Br)cs1)C1CCSC1. The maximum Gasteiger partial charge on any atom is 0.0285 e. The van der Waals surface area contributed by atoms with Crippen molar-refractivity contribution in [3.8, 4) is 0 Å². The van der Waals surface area contributed by atoms with Gasteiger partial charge in [0.25, 0.3) is 0 Å². The van der Waals surface area contributed by atoms with E-state index in [1.807, 2.05) is 11.3 Å². The molecule has 0 amide bonds. The number of hydrogen-bond acceptors (Lipinski definition) is 3. The standard InChI is InChI=1S/C12H18BrNS2/c1-2-14-12(9-3-4-15-7-9)6-11-5-10(13)8-16-11/h5,8-9,12,14H,2-4,6-7H2,1H3. The summed E-state index contributed by atoms with van der Waals surface area (Å²) in [6.45, 7) is 3.29. The van der Waals surface area contributed by atoms with Gasteiger partial charge in [0, 0.05) is 20.8 Å². The smallest absolute Gasteiger partial charge is 0.0285 e. The second kappa shape index (κ2) is 6.43. The molecule has 1 aromatic heterocycles. The van der Waals surface area contributed by atoms with Gasteiger partial charge in [-0.25, -0.2) is 0 Å². The summed E-state index contributed by atoms with van der Waals surface area (Å²) in [7, 11) is 0. The van der Waals surface area contributed by atoms with Gasteiger partial charge in [0.2, 0.25) is 0 Å². The van der Waals surface area contributed by atoms with E-state index >= 15 is 0 Å². The summed E-state index contributed by atoms with van der Waals surface area (Å²) in [5, 5.41) is 5.84. The maximum absolute atomic E-state index is 3.66. The third-order valence-electron chi connectivity index (χ3n) is 3.04. The highest BCUT2D eigenvalue weighted by atomic mass is 79.9. The molecule has 0 aromatic carbocycles. The van der Waals surface area contributed by atoms with Gasteiger partial charge in [-0.2, -0.15) is 11.8 Å². The molecule has 0 radical (unpaired) electrons. The summed E-state index contributed by atoms with van der Waals surface area (Å²) in [6, 6.07) is 2.93. The predicted octanol–water partition coefficient (Wildman–Crippen LogP) is 3.78. The minimum Gasteiger partial charge on any atom is -0.314 e. The molecule has 1 saturated heterocycles. The number of thiophene rings is 1. The first-order valence-corrected chi connectivity index (χ1v) is 8.66. The predicted molar refractivity (Wildman–Crippen MR) is 78.6 cm³/mol. The second-order valence-corrected chi connectivity index (χ2v) is 7.28. The monoisotopic (exact) mass is 319 g/mol. The zero-order valence-electron chi connectivity index (χ0n) is 9.54. The largest absolute Gasteiger partial charge is 0.314 e. The van der Waals surface area contributed by atoms with Crippen LogP contribution in [-0.2, 0) is 6.42 Å². The Balaban J connectivity index is 1.96. The first kappa shape index (κ1) is 12.9. The maximum atomic E-state index is 3.66. The van der Waals surface area contributed by atoms with E-state index in [0.717, 1.165) is 12.5 Å². The van der Waals surface area contributed by atoms with Crippen LogP contribution >= 0.6 is 39.0 Å². The molecule has 0 saturated carbocycles. The summed E-state index contributed by atoms with van der Waals surface area (Å²) in [5.74, 6) is 3.55. The van der Waals surface area contributed by atoms with Crippen LogP contribution < -0.4 is 5.32 Å². The molecule has 1 fully saturated rings. The van der Waals surface area contributed by atoms with Crippen molar-refractivity contribution >= 4 is 39.0 Å². The average Bonchev–Trinajstić information content (AvgIpc) is 2.88. The van der Waals surface area contributed by atoms with Gasteiger partial charge in [0.15, 0.2) is 0 Å². The molecular formula is C12H18BrNS2. The molecular weight excluding hydrogens is 302 g/mol. The summed E-state index contributed by atoms with van der Waals surface area (Å²) in [6.07, 6.45) is 2.57. The fourth-order valence-electron chi connectivity index (χ4n) is 2.22. The van der Waals surface area contributed by atoms with Crippen LogP contribution in [0.4, 0.5) is 0 Å². The van der Waals surface area contributed by atoms with Gasteiger partial charge >= 0.3 is 0 Å². The number of nitrogens with one attached hydrogen (secondary N) is 1. The molecule has 16 heavy (non-hydrogen) atoms. The molecule has 2 heterocycles. The van der Waals surface area contributed by atoms with E-state index in [2.05, 4.69) is 51.4 Å². The minimum atomic E-state index is 0.672. The lowest BCUT2D eigenvalue weighted by molar-refractivity contribution is 0.389. The molecule has 4 heteroatoms. The van der Waals surface area contributed by atoms with E-state index in [1.54, 1.807) is 0 Å². The Hall–Kier alpha value is 0.490. The fraction of sp³-hybridized carbons (Fsp3) is 0.667. The summed E-state index contributed by atoms with van der Waals surface area (Å²) >= 11 is 7.51. The van der Waals surface area contributed by atoms with Gasteiger partial charge in [-0.1, -0.05) is 6.92 Å². The molecule has 90 valence electrons. The van der Waals surface area contributed by atoms with Crippen LogP contribution in [0.1, 0.15) is 18.2 Å². The number of hydrogen-bond donors (Lipinski definition) is 1. The summed E-state index contributed by atoms with van der Waals surface area (Å²) in [5.41, 5.74) is 0. The summed E-state index contributed by atoms with van der Waals surface area (Å²) < 4.78 is 1.23. The van der Waals surface area contributed by atoms with Crippen LogP contribution in [0.3, 0.4) is 0 Å². The van der Waals surface area contributed by atoms with E-state index < -0.39 is 0 Å².